The molecule has 0 amide bonds. The summed E-state index contributed by atoms with van der Waals surface area (Å²) in [7, 11) is 0. The van der Waals surface area contributed by atoms with Crippen LogP contribution >= 0.6 is 23.1 Å². The molecule has 0 saturated carbocycles. The van der Waals surface area contributed by atoms with E-state index in [0.29, 0.717) is 5.92 Å². The summed E-state index contributed by atoms with van der Waals surface area (Å²) in [4.78, 5) is 13.5. The smallest absolute Gasteiger partial charge is 0.231 e. The summed E-state index contributed by atoms with van der Waals surface area (Å²) >= 11 is 3.46. The van der Waals surface area contributed by atoms with E-state index in [9.17, 15) is 0 Å². The second-order valence-electron chi connectivity index (χ2n) is 7.41. The molecule has 7 heteroatoms. The van der Waals surface area contributed by atoms with Crippen LogP contribution in [0.25, 0.3) is 10.9 Å². The molecule has 144 valence electrons. The first-order chi connectivity index (χ1) is 13.7. The Morgan fingerprint density at radius 1 is 1.21 bits per heavy atom. The lowest BCUT2D eigenvalue weighted by molar-refractivity contribution is 0.174. The Labute approximate surface area is 172 Å². The number of benzene rings is 1. The van der Waals surface area contributed by atoms with Crippen LogP contribution in [0.15, 0.2) is 45.7 Å². The molecule has 0 unspecified atom stereocenters. The fourth-order valence-corrected chi connectivity index (χ4v) is 5.01. The molecule has 0 fully saturated rings. The molecular formula is C21H21N3O2S2. The van der Waals surface area contributed by atoms with Crippen molar-refractivity contribution in [2.45, 2.75) is 32.0 Å². The molecular weight excluding hydrogens is 390 g/mol. The maximum Gasteiger partial charge on any atom is 0.231 e. The van der Waals surface area contributed by atoms with Gasteiger partial charge in [0.2, 0.25) is 6.79 Å². The molecule has 0 spiro atoms. The molecule has 3 aromatic rings. The molecule has 28 heavy (non-hydrogen) atoms. The molecule has 0 atom stereocenters. The number of fused-ring (bicyclic) bond motifs is 3. The van der Waals surface area contributed by atoms with E-state index in [1.807, 2.05) is 12.1 Å². The molecule has 0 N–H and O–H groups in total. The van der Waals surface area contributed by atoms with Crippen molar-refractivity contribution in [3.05, 3.63) is 46.2 Å². The summed E-state index contributed by atoms with van der Waals surface area (Å²) in [6, 6.07) is 10.5. The molecule has 2 aromatic heterocycles. The highest BCUT2D eigenvalue weighted by Gasteiger charge is 2.25. The number of thioether (sulfide) groups is 1. The van der Waals surface area contributed by atoms with E-state index in [1.54, 1.807) is 23.1 Å². The predicted octanol–water partition coefficient (Wildman–Crippen LogP) is 5.14. The van der Waals surface area contributed by atoms with Crippen molar-refractivity contribution >= 4 is 39.2 Å². The monoisotopic (exact) mass is 411 g/mol. The van der Waals surface area contributed by atoms with Crippen LogP contribution in [0.1, 0.15) is 24.3 Å². The number of amidine groups is 1. The quantitative estimate of drug-likeness (QED) is 0.594. The zero-order chi connectivity index (χ0) is 19.1. The van der Waals surface area contributed by atoms with Crippen LogP contribution in [0, 0.1) is 5.92 Å². The summed E-state index contributed by atoms with van der Waals surface area (Å²) < 4.78 is 11.0. The van der Waals surface area contributed by atoms with Gasteiger partial charge in [-0.15, -0.1) is 11.3 Å². The van der Waals surface area contributed by atoms with E-state index in [2.05, 4.69) is 42.3 Å². The molecule has 0 bridgehead atoms. The van der Waals surface area contributed by atoms with Crippen molar-refractivity contribution in [1.29, 1.82) is 0 Å². The number of rotatable bonds is 4. The number of nitrogens with zero attached hydrogens (tertiary/aromatic N) is 3. The van der Waals surface area contributed by atoms with Crippen molar-refractivity contribution < 1.29 is 9.47 Å². The van der Waals surface area contributed by atoms with Crippen LogP contribution in [-0.4, -0.2) is 28.4 Å². The first-order valence-corrected chi connectivity index (χ1v) is 11.1. The summed E-state index contributed by atoms with van der Waals surface area (Å²) in [6.07, 6.45) is 0. The Kier molecular flexibility index (Phi) is 4.64. The number of aromatic nitrogens is 1. The highest BCUT2D eigenvalue weighted by molar-refractivity contribution is 8.13. The van der Waals surface area contributed by atoms with Gasteiger partial charge in [-0.1, -0.05) is 19.9 Å². The maximum atomic E-state index is 5.53. The van der Waals surface area contributed by atoms with E-state index in [0.717, 1.165) is 52.2 Å². The predicted molar refractivity (Wildman–Crippen MR) is 114 cm³/mol. The maximum absolute atomic E-state index is 5.53. The zero-order valence-corrected chi connectivity index (χ0v) is 17.5. The van der Waals surface area contributed by atoms with Crippen LogP contribution in [0.2, 0.25) is 0 Å². The average Bonchev–Trinajstić information content (AvgIpc) is 3.34. The molecule has 0 aliphatic carbocycles. The van der Waals surface area contributed by atoms with Gasteiger partial charge in [0.05, 0.1) is 12.1 Å². The lowest BCUT2D eigenvalue weighted by Gasteiger charge is -2.30. The number of pyridine rings is 1. The number of aliphatic imine (C=N–C) groups is 1. The number of hydrogen-bond donors (Lipinski definition) is 0. The Morgan fingerprint density at radius 3 is 2.86 bits per heavy atom. The van der Waals surface area contributed by atoms with Crippen LogP contribution in [-0.2, 0) is 13.1 Å². The van der Waals surface area contributed by atoms with Gasteiger partial charge >= 0.3 is 0 Å². The Morgan fingerprint density at radius 2 is 2.07 bits per heavy atom. The van der Waals surface area contributed by atoms with E-state index in [1.165, 1.54) is 10.4 Å². The molecule has 5 rings (SSSR count). The fourth-order valence-electron chi connectivity index (χ4n) is 3.32. The SMILES string of the molecule is CC(C)CN=C1Sc2nc3cc4c(cc3cc2CN1Cc1cccs1)OCO4. The van der Waals surface area contributed by atoms with Crippen molar-refractivity contribution in [1.82, 2.24) is 9.88 Å². The molecule has 4 heterocycles. The normalized spacial score (nSPS) is 17.0. The molecule has 5 nitrogen and oxygen atoms in total. The largest absolute Gasteiger partial charge is 0.454 e. The fraction of sp³-hybridized carbons (Fsp3) is 0.333. The van der Waals surface area contributed by atoms with E-state index < -0.39 is 0 Å². The standard InChI is InChI=1S/C21H21N3O2S2/c1-13(2)9-22-21-24(11-16-4-3-5-27-16)10-15-6-14-7-18-19(26-12-25-18)8-17(14)23-20(15)28-21/h3-8,13H,9-12H2,1-2H3. The minimum Gasteiger partial charge on any atom is -0.454 e. The molecule has 0 saturated heterocycles. The third kappa shape index (κ3) is 3.44. The van der Waals surface area contributed by atoms with Gasteiger partial charge in [0, 0.05) is 35.0 Å². The zero-order valence-electron chi connectivity index (χ0n) is 15.8. The third-order valence-corrected chi connectivity index (χ3v) is 6.66. The Bertz CT molecular complexity index is 1050. The van der Waals surface area contributed by atoms with Gasteiger partial charge in [0.15, 0.2) is 16.7 Å². The summed E-state index contributed by atoms with van der Waals surface area (Å²) in [6.45, 7) is 7.19. The van der Waals surface area contributed by atoms with Crippen LogP contribution in [0.4, 0.5) is 0 Å². The van der Waals surface area contributed by atoms with E-state index in [4.69, 9.17) is 19.5 Å². The van der Waals surface area contributed by atoms with Crippen molar-refractivity contribution in [2.75, 3.05) is 13.3 Å². The Balaban J connectivity index is 1.52. The van der Waals surface area contributed by atoms with Gasteiger partial charge < -0.3 is 14.4 Å². The summed E-state index contributed by atoms with van der Waals surface area (Å²) in [5, 5.41) is 5.31. The highest BCUT2D eigenvalue weighted by Crippen LogP contribution is 2.39. The first-order valence-electron chi connectivity index (χ1n) is 9.38. The number of thiophene rings is 1. The van der Waals surface area contributed by atoms with Crippen LogP contribution in [0.5, 0.6) is 11.5 Å². The average molecular weight is 412 g/mol. The first kappa shape index (κ1) is 17.8. The van der Waals surface area contributed by atoms with Gasteiger partial charge in [-0.05, 0) is 41.3 Å². The lowest BCUT2D eigenvalue weighted by Crippen LogP contribution is -2.31. The Hall–Kier alpha value is -2.25. The lowest BCUT2D eigenvalue weighted by atomic mass is 10.1. The van der Waals surface area contributed by atoms with Gasteiger partial charge in [-0.2, -0.15) is 0 Å². The molecule has 1 aromatic carbocycles. The van der Waals surface area contributed by atoms with E-state index in [-0.39, 0.29) is 6.79 Å². The second kappa shape index (κ2) is 7.29. The number of hydrogen-bond acceptors (Lipinski definition) is 6. The van der Waals surface area contributed by atoms with Gasteiger partial charge in [-0.25, -0.2) is 4.98 Å². The topological polar surface area (TPSA) is 47.0 Å². The summed E-state index contributed by atoms with van der Waals surface area (Å²) in [5.41, 5.74) is 2.17. The van der Waals surface area contributed by atoms with Crippen LogP contribution < -0.4 is 9.47 Å². The van der Waals surface area contributed by atoms with Gasteiger partial charge in [0.25, 0.3) is 0 Å². The molecule has 0 radical (unpaired) electrons. The second-order valence-corrected chi connectivity index (χ2v) is 9.39. The van der Waals surface area contributed by atoms with Crippen molar-refractivity contribution in [3.8, 4) is 11.5 Å². The van der Waals surface area contributed by atoms with Gasteiger partial charge in [0.1, 0.15) is 5.03 Å². The molecule has 2 aliphatic rings. The number of ether oxygens (including phenoxy) is 2. The summed E-state index contributed by atoms with van der Waals surface area (Å²) in [5.74, 6) is 2.10. The van der Waals surface area contributed by atoms with E-state index >= 15 is 0 Å². The minimum atomic E-state index is 0.278. The molecule has 2 aliphatic heterocycles. The van der Waals surface area contributed by atoms with Crippen molar-refractivity contribution in [2.24, 2.45) is 10.9 Å². The minimum absolute atomic E-state index is 0.278. The van der Waals surface area contributed by atoms with Gasteiger partial charge in [-0.3, -0.25) is 4.99 Å². The van der Waals surface area contributed by atoms with Crippen LogP contribution in [0.3, 0.4) is 0 Å². The highest BCUT2D eigenvalue weighted by atomic mass is 32.2. The third-order valence-electron chi connectivity index (χ3n) is 4.69. The van der Waals surface area contributed by atoms with Crippen molar-refractivity contribution in [3.63, 3.8) is 0 Å².